The highest BCUT2D eigenvalue weighted by atomic mass is 16.7. The lowest BCUT2D eigenvalue weighted by Gasteiger charge is -2.32. The van der Waals surface area contributed by atoms with Gasteiger partial charge in [0.15, 0.2) is 11.5 Å². The monoisotopic (exact) mass is 559 g/mol. The van der Waals surface area contributed by atoms with E-state index in [0.29, 0.717) is 29.3 Å². The van der Waals surface area contributed by atoms with E-state index >= 15 is 0 Å². The minimum absolute atomic E-state index is 0.0248. The molecule has 1 fully saturated rings. The molecule has 0 bridgehead atoms. The fraction of sp³-hybridized carbons (Fsp3) is 0.257. The van der Waals surface area contributed by atoms with Gasteiger partial charge in [0.1, 0.15) is 6.17 Å². The lowest BCUT2D eigenvalue weighted by atomic mass is 9.90. The van der Waals surface area contributed by atoms with Crippen LogP contribution in [0.1, 0.15) is 56.4 Å². The number of amides is 2. The summed E-state index contributed by atoms with van der Waals surface area (Å²) in [6.07, 6.45) is 2.77. The molecule has 0 saturated carbocycles. The SMILES string of the molecule is O=C(c1ccc(N[C@H]2c3ccccc3C(=O)N2Cc2ccc3c(c2)OCO3)cc1)N1CCC(Cc2ccccc2)CC1. The first kappa shape index (κ1) is 26.1. The summed E-state index contributed by atoms with van der Waals surface area (Å²) in [6, 6.07) is 31.7. The summed E-state index contributed by atoms with van der Waals surface area (Å²) in [5.74, 6) is 2.08. The zero-order valence-corrected chi connectivity index (χ0v) is 23.4. The summed E-state index contributed by atoms with van der Waals surface area (Å²) in [7, 11) is 0. The molecule has 1 saturated heterocycles. The molecular weight excluding hydrogens is 526 g/mol. The number of carbonyl (C=O) groups is 2. The number of anilines is 1. The van der Waals surface area contributed by atoms with Gasteiger partial charge >= 0.3 is 0 Å². The van der Waals surface area contributed by atoms with E-state index in [2.05, 4.69) is 35.6 Å². The molecule has 2 amide bonds. The van der Waals surface area contributed by atoms with Gasteiger partial charge < -0.3 is 24.6 Å². The predicted molar refractivity (Wildman–Crippen MR) is 160 cm³/mol. The molecule has 7 nitrogen and oxygen atoms in total. The van der Waals surface area contributed by atoms with Gasteiger partial charge in [-0.25, -0.2) is 0 Å². The second kappa shape index (κ2) is 11.2. The molecule has 7 heteroatoms. The molecule has 3 aliphatic rings. The van der Waals surface area contributed by atoms with Crippen molar-refractivity contribution < 1.29 is 19.1 Å². The predicted octanol–water partition coefficient (Wildman–Crippen LogP) is 6.28. The zero-order valence-electron chi connectivity index (χ0n) is 23.4. The number of ether oxygens (including phenoxy) is 2. The number of benzene rings is 4. The molecule has 212 valence electrons. The van der Waals surface area contributed by atoms with Crippen molar-refractivity contribution in [3.8, 4) is 11.5 Å². The van der Waals surface area contributed by atoms with Gasteiger partial charge in [0, 0.05) is 42.0 Å². The number of hydrogen-bond acceptors (Lipinski definition) is 5. The molecule has 1 atom stereocenters. The molecule has 42 heavy (non-hydrogen) atoms. The quantitative estimate of drug-likeness (QED) is 0.289. The van der Waals surface area contributed by atoms with E-state index in [1.807, 2.05) is 76.5 Å². The third-order valence-corrected chi connectivity index (χ3v) is 8.55. The Balaban J connectivity index is 1.02. The van der Waals surface area contributed by atoms with E-state index in [-0.39, 0.29) is 24.8 Å². The largest absolute Gasteiger partial charge is 0.454 e. The summed E-state index contributed by atoms with van der Waals surface area (Å²) in [6.45, 7) is 2.19. The van der Waals surface area contributed by atoms with Gasteiger partial charge in [-0.3, -0.25) is 9.59 Å². The molecule has 0 aliphatic carbocycles. The van der Waals surface area contributed by atoms with E-state index in [9.17, 15) is 9.59 Å². The van der Waals surface area contributed by atoms with Crippen LogP contribution in [-0.2, 0) is 13.0 Å². The Morgan fingerprint density at radius 2 is 1.55 bits per heavy atom. The van der Waals surface area contributed by atoms with E-state index in [1.165, 1.54) is 5.56 Å². The number of nitrogens with one attached hydrogen (secondary N) is 1. The first-order valence-corrected chi connectivity index (χ1v) is 14.6. The highest BCUT2D eigenvalue weighted by Gasteiger charge is 2.36. The number of fused-ring (bicyclic) bond motifs is 2. The van der Waals surface area contributed by atoms with Gasteiger partial charge in [-0.05, 0) is 78.8 Å². The van der Waals surface area contributed by atoms with Crippen molar-refractivity contribution >= 4 is 17.5 Å². The zero-order chi connectivity index (χ0) is 28.5. The second-order valence-corrected chi connectivity index (χ2v) is 11.3. The highest BCUT2D eigenvalue weighted by Crippen LogP contribution is 2.38. The average Bonchev–Trinajstić information content (AvgIpc) is 3.61. The van der Waals surface area contributed by atoms with Gasteiger partial charge in [0.25, 0.3) is 11.8 Å². The molecule has 0 spiro atoms. The van der Waals surface area contributed by atoms with Crippen molar-refractivity contribution in [2.45, 2.75) is 32.0 Å². The van der Waals surface area contributed by atoms with Crippen LogP contribution in [0, 0.1) is 5.92 Å². The van der Waals surface area contributed by atoms with Crippen LogP contribution in [0.4, 0.5) is 5.69 Å². The van der Waals surface area contributed by atoms with Crippen LogP contribution in [0.15, 0.2) is 97.1 Å². The lowest BCUT2D eigenvalue weighted by molar-refractivity contribution is 0.0689. The van der Waals surface area contributed by atoms with Crippen molar-refractivity contribution in [1.82, 2.24) is 9.80 Å². The number of likely N-dealkylation sites (tertiary alicyclic amines) is 1. The molecular formula is C35H33N3O4. The van der Waals surface area contributed by atoms with E-state index < -0.39 is 0 Å². The van der Waals surface area contributed by atoms with Gasteiger partial charge in [0.05, 0.1) is 0 Å². The number of hydrogen-bond donors (Lipinski definition) is 1. The topological polar surface area (TPSA) is 71.1 Å². The molecule has 3 aliphatic heterocycles. The summed E-state index contributed by atoms with van der Waals surface area (Å²) < 4.78 is 11.0. The van der Waals surface area contributed by atoms with Crippen molar-refractivity contribution in [3.05, 3.63) is 125 Å². The summed E-state index contributed by atoms with van der Waals surface area (Å²) in [5.41, 5.74) is 5.48. The van der Waals surface area contributed by atoms with E-state index in [1.54, 1.807) is 0 Å². The minimum Gasteiger partial charge on any atom is -0.454 e. The average molecular weight is 560 g/mol. The Morgan fingerprint density at radius 3 is 2.36 bits per heavy atom. The van der Waals surface area contributed by atoms with Crippen LogP contribution in [-0.4, -0.2) is 41.5 Å². The molecule has 0 unspecified atom stereocenters. The van der Waals surface area contributed by atoms with E-state index in [0.717, 1.165) is 54.9 Å². The Bertz CT molecular complexity index is 1600. The first-order valence-electron chi connectivity index (χ1n) is 14.6. The Kier molecular flexibility index (Phi) is 7.00. The van der Waals surface area contributed by atoms with Crippen LogP contribution < -0.4 is 14.8 Å². The summed E-state index contributed by atoms with van der Waals surface area (Å²) in [5, 5.41) is 3.55. The van der Waals surface area contributed by atoms with Crippen molar-refractivity contribution in [2.24, 2.45) is 5.92 Å². The second-order valence-electron chi connectivity index (χ2n) is 11.3. The molecule has 3 heterocycles. The molecule has 4 aromatic rings. The maximum absolute atomic E-state index is 13.5. The number of rotatable bonds is 7. The third-order valence-electron chi connectivity index (χ3n) is 8.55. The van der Waals surface area contributed by atoms with Crippen molar-refractivity contribution in [1.29, 1.82) is 0 Å². The number of carbonyl (C=O) groups excluding carboxylic acids is 2. The normalized spacial score (nSPS) is 17.8. The smallest absolute Gasteiger partial charge is 0.256 e. The van der Waals surface area contributed by atoms with Crippen LogP contribution in [0.5, 0.6) is 11.5 Å². The molecule has 1 N–H and O–H groups in total. The van der Waals surface area contributed by atoms with Crippen LogP contribution >= 0.6 is 0 Å². The van der Waals surface area contributed by atoms with Crippen LogP contribution in [0.2, 0.25) is 0 Å². The third kappa shape index (κ3) is 5.18. The van der Waals surface area contributed by atoms with Crippen LogP contribution in [0.25, 0.3) is 0 Å². The number of nitrogens with zero attached hydrogens (tertiary/aromatic N) is 2. The fourth-order valence-corrected chi connectivity index (χ4v) is 6.26. The van der Waals surface area contributed by atoms with Crippen molar-refractivity contribution in [2.75, 3.05) is 25.2 Å². The summed E-state index contributed by atoms with van der Waals surface area (Å²) >= 11 is 0. The Hall–Kier alpha value is -4.78. The molecule has 4 aromatic carbocycles. The van der Waals surface area contributed by atoms with Gasteiger partial charge in [-0.1, -0.05) is 54.6 Å². The number of piperidine rings is 1. The van der Waals surface area contributed by atoms with Crippen LogP contribution in [0.3, 0.4) is 0 Å². The first-order chi connectivity index (χ1) is 20.6. The van der Waals surface area contributed by atoms with Crippen molar-refractivity contribution in [3.63, 3.8) is 0 Å². The Morgan fingerprint density at radius 1 is 0.810 bits per heavy atom. The molecule has 0 radical (unpaired) electrons. The van der Waals surface area contributed by atoms with E-state index in [4.69, 9.17) is 9.47 Å². The standard InChI is InChI=1S/C35H33N3O4/c39-34(37-18-16-25(17-19-37)20-24-6-2-1-3-7-24)27-11-13-28(14-12-27)36-33-29-8-4-5-9-30(29)35(40)38(33)22-26-10-15-31-32(21-26)42-23-41-31/h1-15,21,25,33,36H,16-20,22-23H2/t33-/m1/s1. The fourth-order valence-electron chi connectivity index (χ4n) is 6.26. The van der Waals surface area contributed by atoms with Gasteiger partial charge in [0.2, 0.25) is 6.79 Å². The lowest BCUT2D eigenvalue weighted by Crippen LogP contribution is -2.38. The highest BCUT2D eigenvalue weighted by molar-refractivity contribution is 5.99. The molecule has 7 rings (SSSR count). The van der Waals surface area contributed by atoms with Gasteiger partial charge in [-0.15, -0.1) is 0 Å². The summed E-state index contributed by atoms with van der Waals surface area (Å²) in [4.78, 5) is 30.6. The Labute approximate surface area is 245 Å². The van der Waals surface area contributed by atoms with Gasteiger partial charge in [-0.2, -0.15) is 0 Å². The minimum atomic E-state index is -0.343. The molecule has 0 aromatic heterocycles. The maximum Gasteiger partial charge on any atom is 0.256 e. The maximum atomic E-state index is 13.5.